The summed E-state index contributed by atoms with van der Waals surface area (Å²) in [5.74, 6) is -0.591. The topological polar surface area (TPSA) is 95.8 Å². The number of nitrogens with one attached hydrogen (secondary N) is 1. The standard InChI is InChI=1S/C14H11N3O3/c1-2-20-14(19)11-7-10(8-15)13(18)17-12(11)9-3-5-16-6-4-9/h3-7H,2H2,1H3,(H,17,18). The van der Waals surface area contributed by atoms with E-state index < -0.39 is 11.5 Å². The monoisotopic (exact) mass is 269 g/mol. The van der Waals surface area contributed by atoms with Crippen molar-refractivity contribution in [2.24, 2.45) is 0 Å². The molecule has 6 nitrogen and oxygen atoms in total. The summed E-state index contributed by atoms with van der Waals surface area (Å²) in [5.41, 5.74) is 0.395. The number of aromatic amines is 1. The van der Waals surface area contributed by atoms with Crippen molar-refractivity contribution in [3.05, 3.63) is 52.1 Å². The average Bonchev–Trinajstić information content (AvgIpc) is 2.48. The van der Waals surface area contributed by atoms with Gasteiger partial charge >= 0.3 is 5.97 Å². The Bertz CT molecular complexity index is 730. The quantitative estimate of drug-likeness (QED) is 0.851. The van der Waals surface area contributed by atoms with E-state index >= 15 is 0 Å². The molecule has 0 aliphatic rings. The first-order valence-corrected chi connectivity index (χ1v) is 5.92. The minimum atomic E-state index is -0.591. The maximum atomic E-state index is 11.9. The molecule has 6 heteroatoms. The maximum Gasteiger partial charge on any atom is 0.340 e. The Hall–Kier alpha value is -2.94. The molecular weight excluding hydrogens is 258 g/mol. The van der Waals surface area contributed by atoms with Crippen LogP contribution in [0.3, 0.4) is 0 Å². The third kappa shape index (κ3) is 2.57. The summed E-state index contributed by atoms with van der Waals surface area (Å²) in [4.78, 5) is 30.1. The zero-order chi connectivity index (χ0) is 14.5. The van der Waals surface area contributed by atoms with E-state index in [1.807, 2.05) is 0 Å². The number of nitrogens with zero attached hydrogens (tertiary/aromatic N) is 2. The fraction of sp³-hybridized carbons (Fsp3) is 0.143. The molecular formula is C14H11N3O3. The van der Waals surface area contributed by atoms with Crippen molar-refractivity contribution in [1.29, 1.82) is 5.26 Å². The van der Waals surface area contributed by atoms with Crippen LogP contribution >= 0.6 is 0 Å². The van der Waals surface area contributed by atoms with Gasteiger partial charge in [-0.05, 0) is 25.1 Å². The molecule has 20 heavy (non-hydrogen) atoms. The number of carbonyl (C=O) groups excluding carboxylic acids is 1. The summed E-state index contributed by atoms with van der Waals surface area (Å²) in [6, 6.07) is 6.30. The first-order valence-electron chi connectivity index (χ1n) is 5.92. The maximum absolute atomic E-state index is 11.9. The SMILES string of the molecule is CCOC(=O)c1cc(C#N)c(=O)[nH]c1-c1ccncc1. The molecule has 1 N–H and O–H groups in total. The predicted octanol–water partition coefficient (Wildman–Crippen LogP) is 1.49. The number of pyridine rings is 2. The average molecular weight is 269 g/mol. The van der Waals surface area contributed by atoms with Crippen LogP contribution in [0.1, 0.15) is 22.8 Å². The Kier molecular flexibility index (Phi) is 3.91. The molecule has 0 aliphatic heterocycles. The fourth-order valence-corrected chi connectivity index (χ4v) is 1.73. The van der Waals surface area contributed by atoms with Crippen LogP contribution < -0.4 is 5.56 Å². The lowest BCUT2D eigenvalue weighted by Crippen LogP contribution is -2.17. The second-order valence-electron chi connectivity index (χ2n) is 3.87. The Morgan fingerprint density at radius 1 is 1.45 bits per heavy atom. The van der Waals surface area contributed by atoms with Crippen LogP contribution in [0.15, 0.2) is 35.4 Å². The zero-order valence-electron chi connectivity index (χ0n) is 10.7. The Balaban J connectivity index is 2.67. The van der Waals surface area contributed by atoms with E-state index in [1.54, 1.807) is 37.5 Å². The smallest absolute Gasteiger partial charge is 0.340 e. The van der Waals surface area contributed by atoms with Crippen molar-refractivity contribution in [3.63, 3.8) is 0 Å². The highest BCUT2D eigenvalue weighted by atomic mass is 16.5. The zero-order valence-corrected chi connectivity index (χ0v) is 10.7. The first-order chi connectivity index (χ1) is 9.67. The van der Waals surface area contributed by atoms with Gasteiger partial charge in [-0.1, -0.05) is 0 Å². The van der Waals surface area contributed by atoms with Crippen LogP contribution in [0.5, 0.6) is 0 Å². The Labute approximate surface area is 114 Å². The third-order valence-corrected chi connectivity index (χ3v) is 2.63. The van der Waals surface area contributed by atoms with Gasteiger partial charge in [0.05, 0.1) is 17.9 Å². The number of hydrogen-bond acceptors (Lipinski definition) is 5. The number of hydrogen-bond donors (Lipinski definition) is 1. The number of H-pyrrole nitrogens is 1. The molecule has 0 unspecified atom stereocenters. The van der Waals surface area contributed by atoms with Crippen LogP contribution in [0.4, 0.5) is 0 Å². The molecule has 100 valence electrons. The minimum Gasteiger partial charge on any atom is -0.462 e. The van der Waals surface area contributed by atoms with Crippen molar-refractivity contribution in [3.8, 4) is 17.3 Å². The highest BCUT2D eigenvalue weighted by Gasteiger charge is 2.17. The summed E-state index contributed by atoms with van der Waals surface area (Å²) in [7, 11) is 0. The van der Waals surface area contributed by atoms with Gasteiger partial charge in [-0.2, -0.15) is 5.26 Å². The van der Waals surface area contributed by atoms with E-state index in [-0.39, 0.29) is 17.7 Å². The van der Waals surface area contributed by atoms with Crippen molar-refractivity contribution in [2.75, 3.05) is 6.61 Å². The highest BCUT2D eigenvalue weighted by Crippen LogP contribution is 2.20. The van der Waals surface area contributed by atoms with Crippen LogP contribution in [0, 0.1) is 11.3 Å². The lowest BCUT2D eigenvalue weighted by atomic mass is 10.1. The van der Waals surface area contributed by atoms with E-state index in [0.717, 1.165) is 0 Å². The molecule has 0 fully saturated rings. The lowest BCUT2D eigenvalue weighted by molar-refractivity contribution is 0.0527. The molecule has 2 rings (SSSR count). The molecule has 0 radical (unpaired) electrons. The van der Waals surface area contributed by atoms with Gasteiger partial charge in [0.15, 0.2) is 0 Å². The van der Waals surface area contributed by atoms with E-state index in [4.69, 9.17) is 10.00 Å². The highest BCUT2D eigenvalue weighted by molar-refractivity contribution is 5.96. The number of nitriles is 1. The molecule has 0 atom stereocenters. The van der Waals surface area contributed by atoms with Crippen molar-refractivity contribution in [1.82, 2.24) is 9.97 Å². The van der Waals surface area contributed by atoms with Crippen LogP contribution in [0.2, 0.25) is 0 Å². The van der Waals surface area contributed by atoms with Gasteiger partial charge in [0.25, 0.3) is 5.56 Å². The first kappa shape index (κ1) is 13.5. The number of ether oxygens (including phenoxy) is 1. The van der Waals surface area contributed by atoms with Crippen LogP contribution in [-0.4, -0.2) is 22.5 Å². The van der Waals surface area contributed by atoms with Crippen LogP contribution in [0.25, 0.3) is 11.3 Å². The second kappa shape index (κ2) is 5.80. The predicted molar refractivity (Wildman–Crippen MR) is 71.0 cm³/mol. The van der Waals surface area contributed by atoms with E-state index in [0.29, 0.717) is 11.3 Å². The largest absolute Gasteiger partial charge is 0.462 e. The molecule has 0 saturated carbocycles. The summed E-state index contributed by atoms with van der Waals surface area (Å²) in [5, 5.41) is 8.88. The number of esters is 1. The molecule has 2 aromatic heterocycles. The molecule has 0 amide bonds. The Morgan fingerprint density at radius 3 is 2.75 bits per heavy atom. The summed E-state index contributed by atoms with van der Waals surface area (Å²) in [6.45, 7) is 1.89. The van der Waals surface area contributed by atoms with Gasteiger partial charge in [-0.15, -0.1) is 0 Å². The number of aromatic nitrogens is 2. The summed E-state index contributed by atoms with van der Waals surface area (Å²) in [6.07, 6.45) is 3.08. The number of carbonyl (C=O) groups is 1. The van der Waals surface area contributed by atoms with E-state index in [9.17, 15) is 9.59 Å². The van der Waals surface area contributed by atoms with Crippen molar-refractivity contribution in [2.45, 2.75) is 6.92 Å². The Morgan fingerprint density at radius 2 is 2.15 bits per heavy atom. The molecule has 0 bridgehead atoms. The van der Waals surface area contributed by atoms with Gasteiger partial charge in [-0.25, -0.2) is 4.79 Å². The van der Waals surface area contributed by atoms with Gasteiger partial charge in [-0.3, -0.25) is 9.78 Å². The lowest BCUT2D eigenvalue weighted by Gasteiger charge is -2.09. The molecule has 2 heterocycles. The third-order valence-electron chi connectivity index (χ3n) is 2.63. The van der Waals surface area contributed by atoms with E-state index in [2.05, 4.69) is 9.97 Å². The fourth-order valence-electron chi connectivity index (χ4n) is 1.73. The molecule has 0 aromatic carbocycles. The molecule has 0 aliphatic carbocycles. The molecule has 2 aromatic rings. The summed E-state index contributed by atoms with van der Waals surface area (Å²) >= 11 is 0. The minimum absolute atomic E-state index is 0.133. The van der Waals surface area contributed by atoms with Gasteiger partial charge in [0.2, 0.25) is 0 Å². The molecule has 0 saturated heterocycles. The number of rotatable bonds is 3. The van der Waals surface area contributed by atoms with Crippen LogP contribution in [-0.2, 0) is 4.74 Å². The molecule has 0 spiro atoms. The normalized spacial score (nSPS) is 9.80. The van der Waals surface area contributed by atoms with Gasteiger partial charge in [0.1, 0.15) is 11.6 Å². The van der Waals surface area contributed by atoms with Crippen molar-refractivity contribution >= 4 is 5.97 Å². The van der Waals surface area contributed by atoms with E-state index in [1.165, 1.54) is 6.07 Å². The van der Waals surface area contributed by atoms with Gasteiger partial charge in [0, 0.05) is 18.0 Å². The second-order valence-corrected chi connectivity index (χ2v) is 3.87. The van der Waals surface area contributed by atoms with Crippen molar-refractivity contribution < 1.29 is 9.53 Å². The summed E-state index contributed by atoms with van der Waals surface area (Å²) < 4.78 is 4.94. The van der Waals surface area contributed by atoms with Gasteiger partial charge < -0.3 is 9.72 Å².